The van der Waals surface area contributed by atoms with Crippen LogP contribution in [0.5, 0.6) is 0 Å². The molecule has 1 aromatic carbocycles. The van der Waals surface area contributed by atoms with Crippen molar-refractivity contribution in [2.24, 2.45) is 0 Å². The highest BCUT2D eigenvalue weighted by Gasteiger charge is 2.07. The lowest BCUT2D eigenvalue weighted by molar-refractivity contribution is 0.0697. The van der Waals surface area contributed by atoms with Crippen molar-refractivity contribution < 1.29 is 9.90 Å². The number of hydrogen-bond acceptors (Lipinski definition) is 3. The van der Waals surface area contributed by atoms with Gasteiger partial charge in [-0.05, 0) is 25.1 Å². The molecule has 0 saturated carbocycles. The molecule has 5 heteroatoms. The van der Waals surface area contributed by atoms with Gasteiger partial charge in [-0.2, -0.15) is 0 Å². The molecule has 0 unspecified atom stereocenters. The van der Waals surface area contributed by atoms with Gasteiger partial charge in [0.05, 0.1) is 16.6 Å². The maximum atomic E-state index is 10.8. The van der Waals surface area contributed by atoms with Crippen LogP contribution in [0, 0.1) is 0 Å². The van der Waals surface area contributed by atoms with Crippen LogP contribution in [0.15, 0.2) is 35.5 Å². The Morgan fingerprint density at radius 1 is 1.59 bits per heavy atom. The molecule has 0 aliphatic heterocycles. The predicted molar refractivity (Wildman–Crippen MR) is 68.6 cm³/mol. The van der Waals surface area contributed by atoms with E-state index in [4.69, 9.17) is 5.11 Å². The SMILES string of the molecule is C=C(C)CSc1nc2ccc(C(=O)O)cc2[nH]1. The van der Waals surface area contributed by atoms with Gasteiger partial charge in [-0.25, -0.2) is 9.78 Å². The number of rotatable bonds is 4. The molecule has 0 radical (unpaired) electrons. The Bertz CT molecular complexity index is 589. The van der Waals surface area contributed by atoms with Gasteiger partial charge < -0.3 is 10.1 Å². The Morgan fingerprint density at radius 2 is 2.35 bits per heavy atom. The third-order valence-electron chi connectivity index (χ3n) is 2.16. The molecule has 0 bridgehead atoms. The molecule has 0 aliphatic carbocycles. The number of H-pyrrole nitrogens is 1. The summed E-state index contributed by atoms with van der Waals surface area (Å²) in [6, 6.07) is 4.86. The number of benzene rings is 1. The van der Waals surface area contributed by atoms with E-state index >= 15 is 0 Å². The molecule has 0 fully saturated rings. The van der Waals surface area contributed by atoms with Crippen LogP contribution in [0.3, 0.4) is 0 Å². The number of carboxylic acid groups (broad SMARTS) is 1. The van der Waals surface area contributed by atoms with Gasteiger partial charge >= 0.3 is 5.97 Å². The van der Waals surface area contributed by atoms with Crippen molar-refractivity contribution >= 4 is 28.8 Å². The third-order valence-corrected chi connectivity index (χ3v) is 3.27. The first-order chi connectivity index (χ1) is 8.06. The summed E-state index contributed by atoms with van der Waals surface area (Å²) >= 11 is 1.55. The number of hydrogen-bond donors (Lipinski definition) is 2. The molecule has 0 saturated heterocycles. The predicted octanol–water partition coefficient (Wildman–Crippen LogP) is 2.93. The molecule has 4 nitrogen and oxygen atoms in total. The molecule has 2 N–H and O–H groups in total. The number of carboxylic acids is 1. The topological polar surface area (TPSA) is 66.0 Å². The maximum Gasteiger partial charge on any atom is 0.335 e. The van der Waals surface area contributed by atoms with E-state index in [-0.39, 0.29) is 5.56 Å². The highest BCUT2D eigenvalue weighted by atomic mass is 32.2. The number of aromatic amines is 1. The zero-order valence-electron chi connectivity index (χ0n) is 9.36. The second-order valence-electron chi connectivity index (χ2n) is 3.82. The van der Waals surface area contributed by atoms with Crippen molar-refractivity contribution in [3.63, 3.8) is 0 Å². The molecule has 1 aromatic heterocycles. The monoisotopic (exact) mass is 248 g/mol. The van der Waals surface area contributed by atoms with Crippen molar-refractivity contribution in [3.05, 3.63) is 35.9 Å². The minimum absolute atomic E-state index is 0.262. The fourth-order valence-corrected chi connectivity index (χ4v) is 2.11. The number of imidazole rings is 1. The number of aromatic carboxylic acids is 1. The fourth-order valence-electron chi connectivity index (χ4n) is 1.38. The van der Waals surface area contributed by atoms with E-state index in [0.29, 0.717) is 0 Å². The molecular formula is C12H12N2O2S. The van der Waals surface area contributed by atoms with E-state index in [1.54, 1.807) is 30.0 Å². The molecule has 0 aliphatic rings. The van der Waals surface area contributed by atoms with E-state index in [2.05, 4.69) is 16.5 Å². The molecule has 17 heavy (non-hydrogen) atoms. The van der Waals surface area contributed by atoms with Gasteiger partial charge in [-0.3, -0.25) is 0 Å². The highest BCUT2D eigenvalue weighted by Crippen LogP contribution is 2.21. The Kier molecular flexibility index (Phi) is 3.19. The maximum absolute atomic E-state index is 10.8. The van der Waals surface area contributed by atoms with Gasteiger partial charge in [0.25, 0.3) is 0 Å². The molecule has 0 amide bonds. The number of fused-ring (bicyclic) bond motifs is 1. The number of thioether (sulfide) groups is 1. The number of aromatic nitrogens is 2. The zero-order valence-corrected chi connectivity index (χ0v) is 10.2. The first-order valence-electron chi connectivity index (χ1n) is 5.06. The molecule has 0 atom stereocenters. The molecular weight excluding hydrogens is 236 g/mol. The molecule has 88 valence electrons. The highest BCUT2D eigenvalue weighted by molar-refractivity contribution is 7.99. The Hall–Kier alpha value is -1.75. The van der Waals surface area contributed by atoms with Crippen molar-refractivity contribution in [1.29, 1.82) is 0 Å². The van der Waals surface area contributed by atoms with Gasteiger partial charge in [-0.1, -0.05) is 23.9 Å². The summed E-state index contributed by atoms with van der Waals surface area (Å²) in [5.41, 5.74) is 2.85. The quantitative estimate of drug-likeness (QED) is 0.645. The first-order valence-corrected chi connectivity index (χ1v) is 6.05. The van der Waals surface area contributed by atoms with Gasteiger partial charge in [-0.15, -0.1) is 0 Å². The zero-order chi connectivity index (χ0) is 12.4. The minimum Gasteiger partial charge on any atom is -0.478 e. The summed E-state index contributed by atoms with van der Waals surface area (Å²) in [7, 11) is 0. The summed E-state index contributed by atoms with van der Waals surface area (Å²) in [6.45, 7) is 5.78. The average molecular weight is 248 g/mol. The van der Waals surface area contributed by atoms with E-state index in [0.717, 1.165) is 27.5 Å². The van der Waals surface area contributed by atoms with E-state index in [1.807, 2.05) is 6.92 Å². The normalized spacial score (nSPS) is 10.6. The minimum atomic E-state index is -0.933. The molecule has 0 spiro atoms. The van der Waals surface area contributed by atoms with Crippen LogP contribution in [0.2, 0.25) is 0 Å². The molecule has 2 rings (SSSR count). The van der Waals surface area contributed by atoms with Crippen LogP contribution in [0.1, 0.15) is 17.3 Å². The van der Waals surface area contributed by atoms with Crippen molar-refractivity contribution in [2.45, 2.75) is 12.1 Å². The van der Waals surface area contributed by atoms with Crippen LogP contribution < -0.4 is 0 Å². The van der Waals surface area contributed by atoms with E-state index < -0.39 is 5.97 Å². The van der Waals surface area contributed by atoms with Gasteiger partial charge in [0.2, 0.25) is 0 Å². The Labute approximate surface area is 103 Å². The lowest BCUT2D eigenvalue weighted by Gasteiger charge is -1.94. The van der Waals surface area contributed by atoms with Crippen molar-refractivity contribution in [3.8, 4) is 0 Å². The van der Waals surface area contributed by atoms with Crippen molar-refractivity contribution in [1.82, 2.24) is 9.97 Å². The fraction of sp³-hybridized carbons (Fsp3) is 0.167. The smallest absolute Gasteiger partial charge is 0.335 e. The summed E-state index contributed by atoms with van der Waals surface area (Å²) in [5, 5.41) is 9.66. The van der Waals surface area contributed by atoms with E-state index in [9.17, 15) is 4.79 Å². The second-order valence-corrected chi connectivity index (χ2v) is 4.79. The lowest BCUT2D eigenvalue weighted by Crippen LogP contribution is -1.94. The first kappa shape index (κ1) is 11.7. The Balaban J connectivity index is 2.30. The van der Waals surface area contributed by atoms with Crippen LogP contribution in [-0.4, -0.2) is 26.8 Å². The lowest BCUT2D eigenvalue weighted by atomic mass is 10.2. The van der Waals surface area contributed by atoms with Crippen LogP contribution in [0.4, 0.5) is 0 Å². The second kappa shape index (κ2) is 4.63. The van der Waals surface area contributed by atoms with Crippen LogP contribution >= 0.6 is 11.8 Å². The number of carbonyl (C=O) groups is 1. The summed E-state index contributed by atoms with van der Waals surface area (Å²) in [4.78, 5) is 18.3. The Morgan fingerprint density at radius 3 is 3.00 bits per heavy atom. The largest absolute Gasteiger partial charge is 0.478 e. The van der Waals surface area contributed by atoms with Crippen LogP contribution in [0.25, 0.3) is 11.0 Å². The molecule has 2 aromatic rings. The van der Waals surface area contributed by atoms with Gasteiger partial charge in [0.1, 0.15) is 0 Å². The van der Waals surface area contributed by atoms with Crippen LogP contribution in [-0.2, 0) is 0 Å². The van der Waals surface area contributed by atoms with E-state index in [1.165, 1.54) is 0 Å². The van der Waals surface area contributed by atoms with Gasteiger partial charge in [0.15, 0.2) is 5.16 Å². The third kappa shape index (κ3) is 2.68. The van der Waals surface area contributed by atoms with Crippen molar-refractivity contribution in [2.75, 3.05) is 5.75 Å². The average Bonchev–Trinajstić information content (AvgIpc) is 2.67. The summed E-state index contributed by atoms with van der Waals surface area (Å²) in [5.74, 6) is -0.136. The summed E-state index contributed by atoms with van der Waals surface area (Å²) < 4.78 is 0. The number of nitrogens with one attached hydrogen (secondary N) is 1. The summed E-state index contributed by atoms with van der Waals surface area (Å²) in [6.07, 6.45) is 0. The number of nitrogens with zero attached hydrogens (tertiary/aromatic N) is 1. The van der Waals surface area contributed by atoms with Gasteiger partial charge in [0, 0.05) is 5.75 Å². The standard InChI is InChI=1S/C12H12N2O2S/c1-7(2)6-17-12-13-9-4-3-8(11(15)16)5-10(9)14-12/h3-5H,1,6H2,2H3,(H,13,14)(H,15,16). The molecule has 1 heterocycles.